The van der Waals surface area contributed by atoms with Crippen LogP contribution in [0.3, 0.4) is 0 Å². The van der Waals surface area contributed by atoms with E-state index in [1.165, 1.54) is 5.56 Å². The largest absolute Gasteiger partial charge is 0.486 e. The maximum Gasteiger partial charge on any atom is 0.179 e. The zero-order valence-corrected chi connectivity index (χ0v) is 11.6. The lowest BCUT2D eigenvalue weighted by atomic mass is 10.0. The number of aryl methyl sites for hydroxylation is 1. The molecule has 0 radical (unpaired) electrons. The summed E-state index contributed by atoms with van der Waals surface area (Å²) in [5.74, 6) is 0.554. The van der Waals surface area contributed by atoms with Crippen LogP contribution in [-0.4, -0.2) is 17.4 Å². The van der Waals surface area contributed by atoms with Gasteiger partial charge in [-0.05, 0) is 42.7 Å². The summed E-state index contributed by atoms with van der Waals surface area (Å²) < 4.78 is 5.51. The molecule has 0 bridgehead atoms. The van der Waals surface area contributed by atoms with Crippen LogP contribution in [0.15, 0.2) is 42.6 Å². The third-order valence-corrected chi connectivity index (χ3v) is 3.76. The highest BCUT2D eigenvalue weighted by atomic mass is 35.5. The molecule has 1 aromatic carbocycles. The molecule has 0 aliphatic heterocycles. The van der Waals surface area contributed by atoms with E-state index >= 15 is 0 Å². The number of Topliss-reactive ketones (excluding diaryl/α,β-unsaturated/α-hetero) is 1. The minimum absolute atomic E-state index is 0.0566. The molecule has 0 saturated carbocycles. The van der Waals surface area contributed by atoms with Gasteiger partial charge < -0.3 is 4.74 Å². The first-order valence-electron chi connectivity index (χ1n) is 6.59. The van der Waals surface area contributed by atoms with Gasteiger partial charge in [-0.2, -0.15) is 0 Å². The van der Waals surface area contributed by atoms with Crippen molar-refractivity contribution in [2.75, 3.05) is 6.61 Å². The summed E-state index contributed by atoms with van der Waals surface area (Å²) in [7, 11) is 0. The molecule has 0 saturated heterocycles. The average Bonchev–Trinajstić information content (AvgIpc) is 2.89. The van der Waals surface area contributed by atoms with E-state index in [-0.39, 0.29) is 18.3 Å². The van der Waals surface area contributed by atoms with Gasteiger partial charge in [0.05, 0.1) is 11.6 Å². The van der Waals surface area contributed by atoms with E-state index in [2.05, 4.69) is 4.98 Å². The summed E-state index contributed by atoms with van der Waals surface area (Å²) in [5.41, 5.74) is 2.08. The van der Waals surface area contributed by atoms with Crippen LogP contribution < -0.4 is 4.74 Å². The first-order chi connectivity index (χ1) is 9.74. The number of ketones is 1. The predicted molar refractivity (Wildman–Crippen MR) is 77.3 cm³/mol. The molecule has 3 nitrogen and oxygen atoms in total. The molecule has 1 aromatic heterocycles. The Labute approximate surface area is 122 Å². The van der Waals surface area contributed by atoms with E-state index in [9.17, 15) is 4.79 Å². The van der Waals surface area contributed by atoms with Gasteiger partial charge in [0, 0.05) is 11.2 Å². The first-order valence-corrected chi connectivity index (χ1v) is 6.97. The van der Waals surface area contributed by atoms with Crippen LogP contribution in [0.1, 0.15) is 23.6 Å². The molecule has 0 N–H and O–H groups in total. The van der Waals surface area contributed by atoms with Gasteiger partial charge in [-0.25, -0.2) is 0 Å². The molecule has 1 unspecified atom stereocenters. The van der Waals surface area contributed by atoms with Gasteiger partial charge in [0.2, 0.25) is 0 Å². The van der Waals surface area contributed by atoms with Gasteiger partial charge in [-0.1, -0.05) is 23.7 Å². The molecule has 1 aliphatic carbocycles. The van der Waals surface area contributed by atoms with Gasteiger partial charge >= 0.3 is 0 Å². The Balaban J connectivity index is 1.66. The van der Waals surface area contributed by atoms with E-state index in [1.807, 2.05) is 12.1 Å². The van der Waals surface area contributed by atoms with Crippen molar-refractivity contribution in [1.29, 1.82) is 0 Å². The van der Waals surface area contributed by atoms with Gasteiger partial charge in [-0.15, -0.1) is 0 Å². The fourth-order valence-electron chi connectivity index (χ4n) is 2.54. The normalized spacial score (nSPS) is 16.8. The van der Waals surface area contributed by atoms with Crippen LogP contribution in [0.25, 0.3) is 0 Å². The number of pyridine rings is 1. The standard InChI is InChI=1S/C16H14ClNO2/c17-12-4-1-5-13(9-12)20-10-15(19)14-7-6-11-3-2-8-18-16(11)14/h1-5,8-9,14H,6-7,10H2. The number of nitrogens with zero attached hydrogens (tertiary/aromatic N) is 1. The number of hydrogen-bond donors (Lipinski definition) is 0. The molecule has 0 amide bonds. The van der Waals surface area contributed by atoms with Crippen LogP contribution in [0, 0.1) is 0 Å². The molecular formula is C16H14ClNO2. The minimum Gasteiger partial charge on any atom is -0.486 e. The molecule has 3 rings (SSSR count). The summed E-state index contributed by atoms with van der Waals surface area (Å²) in [6.45, 7) is 0.0566. The van der Waals surface area contributed by atoms with Crippen LogP contribution >= 0.6 is 11.6 Å². The number of hydrogen-bond acceptors (Lipinski definition) is 3. The Kier molecular flexibility index (Phi) is 3.70. The van der Waals surface area contributed by atoms with Crippen molar-refractivity contribution >= 4 is 17.4 Å². The summed E-state index contributed by atoms with van der Waals surface area (Å²) in [6.07, 6.45) is 3.48. The Morgan fingerprint density at radius 3 is 3.10 bits per heavy atom. The van der Waals surface area contributed by atoms with Crippen molar-refractivity contribution in [3.63, 3.8) is 0 Å². The van der Waals surface area contributed by atoms with Crippen molar-refractivity contribution in [3.8, 4) is 5.75 Å². The van der Waals surface area contributed by atoms with Gasteiger partial charge in [0.25, 0.3) is 0 Å². The third kappa shape index (κ3) is 2.68. The van der Waals surface area contributed by atoms with Gasteiger partial charge in [0.15, 0.2) is 5.78 Å². The summed E-state index contributed by atoms with van der Waals surface area (Å²) >= 11 is 5.88. The van der Waals surface area contributed by atoms with E-state index in [4.69, 9.17) is 16.3 Å². The number of rotatable bonds is 4. The summed E-state index contributed by atoms with van der Waals surface area (Å²) in [6, 6.07) is 11.0. The fourth-order valence-corrected chi connectivity index (χ4v) is 2.72. The van der Waals surface area contributed by atoms with E-state index in [0.717, 1.165) is 18.5 Å². The SMILES string of the molecule is O=C(COc1cccc(Cl)c1)C1CCc2cccnc21. The third-order valence-electron chi connectivity index (χ3n) is 3.52. The molecule has 0 spiro atoms. The van der Waals surface area contributed by atoms with Crippen molar-refractivity contribution in [2.24, 2.45) is 0 Å². The van der Waals surface area contributed by atoms with Crippen LogP contribution in [-0.2, 0) is 11.2 Å². The second-order valence-electron chi connectivity index (χ2n) is 4.85. The smallest absolute Gasteiger partial charge is 0.179 e. The molecule has 1 heterocycles. The molecule has 1 aliphatic rings. The quantitative estimate of drug-likeness (QED) is 0.865. The van der Waals surface area contributed by atoms with Crippen molar-refractivity contribution in [3.05, 3.63) is 58.9 Å². The molecule has 4 heteroatoms. The Hall–Kier alpha value is -1.87. The van der Waals surface area contributed by atoms with Gasteiger partial charge in [-0.3, -0.25) is 9.78 Å². The van der Waals surface area contributed by atoms with Crippen LogP contribution in [0.2, 0.25) is 5.02 Å². The Morgan fingerprint density at radius 2 is 2.25 bits per heavy atom. The second-order valence-corrected chi connectivity index (χ2v) is 5.29. The van der Waals surface area contributed by atoms with E-state index in [0.29, 0.717) is 10.8 Å². The number of benzene rings is 1. The van der Waals surface area contributed by atoms with E-state index < -0.39 is 0 Å². The fraction of sp³-hybridized carbons (Fsp3) is 0.250. The Bertz CT molecular complexity index is 642. The molecule has 2 aromatic rings. The highest BCUT2D eigenvalue weighted by Crippen LogP contribution is 2.31. The molecule has 20 heavy (non-hydrogen) atoms. The number of halogens is 1. The highest BCUT2D eigenvalue weighted by molar-refractivity contribution is 6.30. The topological polar surface area (TPSA) is 39.2 Å². The Morgan fingerprint density at radius 1 is 1.35 bits per heavy atom. The number of ether oxygens (including phenoxy) is 1. The summed E-state index contributed by atoms with van der Waals surface area (Å²) in [4.78, 5) is 16.6. The number of aromatic nitrogens is 1. The second kappa shape index (κ2) is 5.63. The molecular weight excluding hydrogens is 274 g/mol. The van der Waals surface area contributed by atoms with E-state index in [1.54, 1.807) is 30.5 Å². The molecule has 0 fully saturated rings. The van der Waals surface area contributed by atoms with Crippen LogP contribution in [0.4, 0.5) is 0 Å². The minimum atomic E-state index is -0.134. The molecule has 102 valence electrons. The maximum atomic E-state index is 12.3. The van der Waals surface area contributed by atoms with Crippen molar-refractivity contribution < 1.29 is 9.53 Å². The van der Waals surface area contributed by atoms with Crippen molar-refractivity contribution in [1.82, 2.24) is 4.98 Å². The van der Waals surface area contributed by atoms with Crippen molar-refractivity contribution in [2.45, 2.75) is 18.8 Å². The average molecular weight is 288 g/mol. The number of fused-ring (bicyclic) bond motifs is 1. The lowest BCUT2D eigenvalue weighted by Gasteiger charge is -2.11. The number of carbonyl (C=O) groups is 1. The maximum absolute atomic E-state index is 12.3. The highest BCUT2D eigenvalue weighted by Gasteiger charge is 2.29. The summed E-state index contributed by atoms with van der Waals surface area (Å²) in [5, 5.41) is 0.600. The molecule has 1 atom stereocenters. The predicted octanol–water partition coefficient (Wildman–Crippen LogP) is 3.41. The zero-order chi connectivity index (χ0) is 13.9. The number of carbonyl (C=O) groups excluding carboxylic acids is 1. The zero-order valence-electron chi connectivity index (χ0n) is 10.9. The first kappa shape index (κ1) is 13.1. The lowest BCUT2D eigenvalue weighted by molar-refractivity contribution is -0.122. The monoisotopic (exact) mass is 287 g/mol. The van der Waals surface area contributed by atoms with Crippen LogP contribution in [0.5, 0.6) is 5.75 Å². The van der Waals surface area contributed by atoms with Gasteiger partial charge in [0.1, 0.15) is 12.4 Å². The lowest BCUT2D eigenvalue weighted by Crippen LogP contribution is -2.19.